The van der Waals surface area contributed by atoms with Gasteiger partial charge in [-0.25, -0.2) is 4.79 Å². The van der Waals surface area contributed by atoms with Crippen molar-refractivity contribution in [3.05, 3.63) is 29.8 Å². The molecule has 0 aliphatic rings. The van der Waals surface area contributed by atoms with Crippen LogP contribution in [-0.2, 0) is 9.53 Å². The van der Waals surface area contributed by atoms with Crippen LogP contribution in [0, 0.1) is 0 Å². The van der Waals surface area contributed by atoms with Gasteiger partial charge in [0.2, 0.25) is 0 Å². The predicted molar refractivity (Wildman–Crippen MR) is 76.5 cm³/mol. The number of carbonyl (C=O) groups is 1. The van der Waals surface area contributed by atoms with Gasteiger partial charge in [0, 0.05) is 0 Å². The maximum Gasteiger partial charge on any atom is 0.347 e. The third-order valence-corrected chi connectivity index (χ3v) is 2.58. The number of carbonyl (C=O) groups excluding carboxylic acids is 1. The lowest BCUT2D eigenvalue weighted by Crippen LogP contribution is -2.33. The molecule has 3 nitrogen and oxygen atoms in total. The molecule has 0 bridgehead atoms. The first-order chi connectivity index (χ1) is 8.69. The van der Waals surface area contributed by atoms with E-state index in [1.807, 2.05) is 39.0 Å². The minimum Gasteiger partial charge on any atom is -0.479 e. The summed E-state index contributed by atoms with van der Waals surface area (Å²) >= 11 is 0. The summed E-state index contributed by atoms with van der Waals surface area (Å²) in [6.45, 7) is 11.5. The highest BCUT2D eigenvalue weighted by Gasteiger charge is 2.23. The summed E-state index contributed by atoms with van der Waals surface area (Å²) in [6, 6.07) is 7.81. The Balaban J connectivity index is 2.69. The standard InChI is InChI=1S/C16H24O3/c1-11(2)13-8-7-9-14(10-13)18-12(3)15(17)19-16(4,5)6/h7-12H,1-6H3. The Morgan fingerprint density at radius 2 is 1.79 bits per heavy atom. The van der Waals surface area contributed by atoms with Gasteiger partial charge in [0.05, 0.1) is 0 Å². The van der Waals surface area contributed by atoms with E-state index in [-0.39, 0.29) is 5.97 Å². The van der Waals surface area contributed by atoms with Gasteiger partial charge in [-0.2, -0.15) is 0 Å². The second-order valence-corrected chi connectivity index (χ2v) is 6.02. The summed E-state index contributed by atoms with van der Waals surface area (Å²) in [5.41, 5.74) is 0.697. The summed E-state index contributed by atoms with van der Waals surface area (Å²) < 4.78 is 10.9. The van der Waals surface area contributed by atoms with E-state index in [9.17, 15) is 4.79 Å². The van der Waals surface area contributed by atoms with Gasteiger partial charge in [0.25, 0.3) is 0 Å². The Hall–Kier alpha value is -1.51. The molecule has 0 N–H and O–H groups in total. The molecule has 0 saturated heterocycles. The maximum absolute atomic E-state index is 11.8. The van der Waals surface area contributed by atoms with E-state index < -0.39 is 11.7 Å². The molecular formula is C16H24O3. The quantitative estimate of drug-likeness (QED) is 0.773. The van der Waals surface area contributed by atoms with Gasteiger partial charge < -0.3 is 9.47 Å². The third kappa shape index (κ3) is 5.33. The van der Waals surface area contributed by atoms with Crippen molar-refractivity contribution in [3.8, 4) is 5.75 Å². The van der Waals surface area contributed by atoms with Crippen molar-refractivity contribution >= 4 is 5.97 Å². The van der Waals surface area contributed by atoms with E-state index in [4.69, 9.17) is 9.47 Å². The molecule has 1 aromatic carbocycles. The van der Waals surface area contributed by atoms with Crippen LogP contribution in [0.2, 0.25) is 0 Å². The monoisotopic (exact) mass is 264 g/mol. The van der Waals surface area contributed by atoms with Crippen LogP contribution in [0.5, 0.6) is 5.75 Å². The third-order valence-electron chi connectivity index (χ3n) is 2.58. The second-order valence-electron chi connectivity index (χ2n) is 6.02. The topological polar surface area (TPSA) is 35.5 Å². The first-order valence-corrected chi connectivity index (χ1v) is 6.68. The summed E-state index contributed by atoms with van der Waals surface area (Å²) in [4.78, 5) is 11.8. The number of hydrogen-bond donors (Lipinski definition) is 0. The molecule has 1 atom stereocenters. The summed E-state index contributed by atoms with van der Waals surface area (Å²) in [5.74, 6) is 0.785. The van der Waals surface area contributed by atoms with Gasteiger partial charge in [-0.05, 0) is 51.3 Å². The van der Waals surface area contributed by atoms with Crippen molar-refractivity contribution in [2.24, 2.45) is 0 Å². The molecule has 1 aromatic rings. The average molecular weight is 264 g/mol. The molecule has 1 rings (SSSR count). The normalized spacial score (nSPS) is 13.2. The van der Waals surface area contributed by atoms with E-state index in [0.29, 0.717) is 11.7 Å². The Kier molecular flexibility index (Phi) is 4.98. The maximum atomic E-state index is 11.8. The molecule has 19 heavy (non-hydrogen) atoms. The molecule has 106 valence electrons. The van der Waals surface area contributed by atoms with Gasteiger partial charge in [-0.3, -0.25) is 0 Å². The van der Waals surface area contributed by atoms with E-state index >= 15 is 0 Å². The smallest absolute Gasteiger partial charge is 0.347 e. The Morgan fingerprint density at radius 1 is 1.16 bits per heavy atom. The van der Waals surface area contributed by atoms with Crippen LogP contribution in [0.1, 0.15) is 53.0 Å². The molecule has 0 spiro atoms. The zero-order valence-electron chi connectivity index (χ0n) is 12.7. The number of esters is 1. The summed E-state index contributed by atoms with van der Waals surface area (Å²) in [7, 11) is 0. The molecule has 0 aromatic heterocycles. The molecule has 0 radical (unpaired) electrons. The molecule has 0 aliphatic carbocycles. The van der Waals surface area contributed by atoms with Gasteiger partial charge in [-0.1, -0.05) is 26.0 Å². The zero-order valence-corrected chi connectivity index (χ0v) is 12.7. The van der Waals surface area contributed by atoms with Crippen LogP contribution in [-0.4, -0.2) is 17.7 Å². The lowest BCUT2D eigenvalue weighted by molar-refractivity contribution is -0.162. The second kappa shape index (κ2) is 6.09. The number of rotatable bonds is 4. The highest BCUT2D eigenvalue weighted by atomic mass is 16.6. The molecule has 0 amide bonds. The van der Waals surface area contributed by atoms with Gasteiger partial charge >= 0.3 is 5.97 Å². The summed E-state index contributed by atoms with van der Waals surface area (Å²) in [6.07, 6.45) is -0.610. The molecule has 3 heteroatoms. The molecule has 0 aliphatic heterocycles. The van der Waals surface area contributed by atoms with Gasteiger partial charge in [-0.15, -0.1) is 0 Å². The Bertz CT molecular complexity index is 430. The van der Waals surface area contributed by atoms with Crippen molar-refractivity contribution in [1.82, 2.24) is 0 Å². The van der Waals surface area contributed by atoms with Crippen LogP contribution in [0.3, 0.4) is 0 Å². The van der Waals surface area contributed by atoms with E-state index in [1.54, 1.807) is 6.92 Å². The Morgan fingerprint density at radius 3 is 2.32 bits per heavy atom. The Labute approximate surface area is 115 Å². The first-order valence-electron chi connectivity index (χ1n) is 6.68. The number of benzene rings is 1. The first kappa shape index (κ1) is 15.5. The lowest BCUT2D eigenvalue weighted by Gasteiger charge is -2.22. The number of hydrogen-bond acceptors (Lipinski definition) is 3. The molecule has 0 fully saturated rings. The molecule has 1 unspecified atom stereocenters. The largest absolute Gasteiger partial charge is 0.479 e. The fourth-order valence-corrected chi connectivity index (χ4v) is 1.58. The van der Waals surface area contributed by atoms with Gasteiger partial charge in [0.15, 0.2) is 6.10 Å². The van der Waals surface area contributed by atoms with E-state index in [0.717, 1.165) is 0 Å². The van der Waals surface area contributed by atoms with Crippen molar-refractivity contribution in [3.63, 3.8) is 0 Å². The minimum atomic E-state index is -0.610. The zero-order chi connectivity index (χ0) is 14.6. The summed E-state index contributed by atoms with van der Waals surface area (Å²) in [5, 5.41) is 0. The van der Waals surface area contributed by atoms with Gasteiger partial charge in [0.1, 0.15) is 11.4 Å². The van der Waals surface area contributed by atoms with Crippen molar-refractivity contribution in [2.45, 2.75) is 59.2 Å². The number of ether oxygens (including phenoxy) is 2. The highest BCUT2D eigenvalue weighted by molar-refractivity contribution is 5.75. The molecule has 0 saturated carbocycles. The van der Waals surface area contributed by atoms with Crippen LogP contribution >= 0.6 is 0 Å². The minimum absolute atomic E-state index is 0.345. The lowest BCUT2D eigenvalue weighted by atomic mass is 10.0. The average Bonchev–Trinajstić information content (AvgIpc) is 2.27. The van der Waals surface area contributed by atoms with E-state index in [2.05, 4.69) is 19.9 Å². The van der Waals surface area contributed by atoms with E-state index in [1.165, 1.54) is 5.56 Å². The van der Waals surface area contributed by atoms with Crippen LogP contribution in [0.25, 0.3) is 0 Å². The highest BCUT2D eigenvalue weighted by Crippen LogP contribution is 2.21. The fourth-order valence-electron chi connectivity index (χ4n) is 1.58. The van der Waals surface area contributed by atoms with Crippen molar-refractivity contribution in [1.29, 1.82) is 0 Å². The van der Waals surface area contributed by atoms with Crippen LogP contribution in [0.4, 0.5) is 0 Å². The van der Waals surface area contributed by atoms with Crippen LogP contribution < -0.4 is 4.74 Å². The van der Waals surface area contributed by atoms with Crippen molar-refractivity contribution in [2.75, 3.05) is 0 Å². The predicted octanol–water partition coefficient (Wildman–Crippen LogP) is 3.92. The van der Waals surface area contributed by atoms with Crippen LogP contribution in [0.15, 0.2) is 24.3 Å². The molecule has 0 heterocycles. The SMILES string of the molecule is CC(Oc1cccc(C(C)C)c1)C(=O)OC(C)(C)C. The molecular weight excluding hydrogens is 240 g/mol. The van der Waals surface area contributed by atoms with Crippen molar-refractivity contribution < 1.29 is 14.3 Å². The fraction of sp³-hybridized carbons (Fsp3) is 0.562.